The summed E-state index contributed by atoms with van der Waals surface area (Å²) in [6, 6.07) is 11.6. The van der Waals surface area contributed by atoms with Crippen molar-refractivity contribution in [3.8, 4) is 17.1 Å². The zero-order valence-corrected chi connectivity index (χ0v) is 14.2. The molecule has 3 atom stereocenters. The average molecular weight is 349 g/mol. The second kappa shape index (κ2) is 6.53. The predicted octanol–water partition coefficient (Wildman–Crippen LogP) is 3.75. The molecule has 2 saturated heterocycles. The van der Waals surface area contributed by atoms with Crippen LogP contribution in [0.5, 0.6) is 5.75 Å². The van der Waals surface area contributed by atoms with E-state index in [0.29, 0.717) is 24.4 Å². The fourth-order valence-corrected chi connectivity index (χ4v) is 3.78. The Morgan fingerprint density at radius 1 is 1.15 bits per heavy atom. The standard InChI is InChI=1S/C20H19N3O3/c1-4-14(9-15(5-1)24-12-13-3-2-8-21-11-13)19-22-20(26-23-19)17-10-16-6-7-18(17)25-16/h1-5,8-9,11,16-18H,6-7,10,12H2/t16-,17-,18-/m1/s1. The highest BCUT2D eigenvalue weighted by molar-refractivity contribution is 5.56. The van der Waals surface area contributed by atoms with Gasteiger partial charge >= 0.3 is 0 Å². The van der Waals surface area contributed by atoms with E-state index in [-0.39, 0.29) is 12.0 Å². The van der Waals surface area contributed by atoms with Crippen LogP contribution in [0, 0.1) is 0 Å². The third-order valence-electron chi connectivity index (χ3n) is 5.09. The minimum atomic E-state index is 0.236. The lowest BCUT2D eigenvalue weighted by Crippen LogP contribution is -2.14. The Hall–Kier alpha value is -2.73. The van der Waals surface area contributed by atoms with E-state index in [1.807, 2.05) is 36.4 Å². The number of nitrogens with zero attached hydrogens (tertiary/aromatic N) is 3. The number of ether oxygens (including phenoxy) is 2. The lowest BCUT2D eigenvalue weighted by Gasteiger charge is -2.13. The molecular formula is C20H19N3O3. The number of hydrogen-bond acceptors (Lipinski definition) is 6. The minimum absolute atomic E-state index is 0.236. The molecule has 6 nitrogen and oxygen atoms in total. The molecule has 0 aliphatic carbocycles. The fourth-order valence-electron chi connectivity index (χ4n) is 3.78. The highest BCUT2D eigenvalue weighted by Crippen LogP contribution is 2.44. The molecule has 6 heteroatoms. The van der Waals surface area contributed by atoms with Crippen molar-refractivity contribution in [1.29, 1.82) is 0 Å². The summed E-state index contributed by atoms with van der Waals surface area (Å²) in [7, 11) is 0. The third kappa shape index (κ3) is 2.97. The van der Waals surface area contributed by atoms with Gasteiger partial charge in [0.25, 0.3) is 0 Å². The van der Waals surface area contributed by atoms with E-state index < -0.39 is 0 Å². The van der Waals surface area contributed by atoms with Crippen LogP contribution in [0.25, 0.3) is 11.4 Å². The molecule has 1 aromatic carbocycles. The third-order valence-corrected chi connectivity index (χ3v) is 5.09. The Balaban J connectivity index is 1.31. The molecule has 2 bridgehead atoms. The van der Waals surface area contributed by atoms with Crippen molar-refractivity contribution in [3.63, 3.8) is 0 Å². The van der Waals surface area contributed by atoms with Crippen molar-refractivity contribution in [2.75, 3.05) is 0 Å². The summed E-state index contributed by atoms with van der Waals surface area (Å²) >= 11 is 0. The second-order valence-corrected chi connectivity index (χ2v) is 6.85. The number of hydrogen-bond donors (Lipinski definition) is 0. The van der Waals surface area contributed by atoms with Crippen LogP contribution in [0.3, 0.4) is 0 Å². The Labute approximate surface area is 151 Å². The Kier molecular flexibility index (Phi) is 3.90. The smallest absolute Gasteiger partial charge is 0.232 e. The molecule has 2 aromatic heterocycles. The number of fused-ring (bicyclic) bond motifs is 2. The molecule has 2 aliphatic rings. The molecular weight excluding hydrogens is 330 g/mol. The van der Waals surface area contributed by atoms with Crippen LogP contribution in [-0.4, -0.2) is 27.3 Å². The minimum Gasteiger partial charge on any atom is -0.489 e. The van der Waals surface area contributed by atoms with Crippen molar-refractivity contribution in [2.24, 2.45) is 0 Å². The Bertz CT molecular complexity index is 896. The molecule has 0 spiro atoms. The van der Waals surface area contributed by atoms with Gasteiger partial charge in [-0.05, 0) is 37.5 Å². The highest BCUT2D eigenvalue weighted by Gasteiger charge is 2.44. The van der Waals surface area contributed by atoms with Crippen LogP contribution in [0.15, 0.2) is 53.3 Å². The van der Waals surface area contributed by atoms with Crippen LogP contribution in [0.1, 0.15) is 36.6 Å². The van der Waals surface area contributed by atoms with Crippen LogP contribution in [0.4, 0.5) is 0 Å². The normalized spacial score (nSPS) is 24.1. The summed E-state index contributed by atoms with van der Waals surface area (Å²) in [6.45, 7) is 0.470. The second-order valence-electron chi connectivity index (χ2n) is 6.85. The van der Waals surface area contributed by atoms with E-state index in [9.17, 15) is 0 Å². The number of benzene rings is 1. The maximum atomic E-state index is 5.89. The maximum Gasteiger partial charge on any atom is 0.232 e. The zero-order chi connectivity index (χ0) is 17.3. The van der Waals surface area contributed by atoms with Gasteiger partial charge in [0.2, 0.25) is 11.7 Å². The van der Waals surface area contributed by atoms with Crippen LogP contribution < -0.4 is 4.74 Å². The van der Waals surface area contributed by atoms with Crippen molar-refractivity contribution < 1.29 is 14.0 Å². The van der Waals surface area contributed by atoms with E-state index in [4.69, 9.17) is 14.0 Å². The van der Waals surface area contributed by atoms with Crippen LogP contribution in [-0.2, 0) is 11.3 Å². The van der Waals surface area contributed by atoms with Crippen molar-refractivity contribution >= 4 is 0 Å². The molecule has 0 amide bonds. The summed E-state index contributed by atoms with van der Waals surface area (Å²) < 4.78 is 17.3. The molecule has 2 fully saturated rings. The molecule has 0 saturated carbocycles. The molecule has 26 heavy (non-hydrogen) atoms. The van der Waals surface area contributed by atoms with Gasteiger partial charge in [-0.1, -0.05) is 23.4 Å². The summed E-state index contributed by atoms with van der Waals surface area (Å²) in [5.74, 6) is 2.28. The number of pyridine rings is 1. The molecule has 0 radical (unpaired) electrons. The Morgan fingerprint density at radius 2 is 2.15 bits per heavy atom. The van der Waals surface area contributed by atoms with E-state index in [0.717, 1.165) is 36.1 Å². The van der Waals surface area contributed by atoms with E-state index in [1.165, 1.54) is 0 Å². The first-order chi connectivity index (χ1) is 12.8. The Morgan fingerprint density at radius 3 is 2.96 bits per heavy atom. The molecule has 0 unspecified atom stereocenters. The number of rotatable bonds is 5. The summed E-state index contributed by atoms with van der Waals surface area (Å²) in [4.78, 5) is 8.71. The van der Waals surface area contributed by atoms with Gasteiger partial charge in [-0.3, -0.25) is 4.98 Å². The topological polar surface area (TPSA) is 70.3 Å². The van der Waals surface area contributed by atoms with Crippen LogP contribution in [0.2, 0.25) is 0 Å². The number of aromatic nitrogens is 3. The molecule has 3 aromatic rings. The van der Waals surface area contributed by atoms with Gasteiger partial charge in [0, 0.05) is 23.5 Å². The van der Waals surface area contributed by atoms with Gasteiger partial charge in [-0.2, -0.15) is 4.98 Å². The molecule has 132 valence electrons. The quantitative estimate of drug-likeness (QED) is 0.699. The molecule has 0 N–H and O–H groups in total. The van der Waals surface area contributed by atoms with Crippen LogP contribution >= 0.6 is 0 Å². The summed E-state index contributed by atoms with van der Waals surface area (Å²) in [6.07, 6.45) is 7.38. The first-order valence-electron chi connectivity index (χ1n) is 8.96. The SMILES string of the molecule is c1cncc(COc2cccc(-c3noc([C@@H]4C[C@H]5CC[C@H]4O5)n3)c2)c1. The van der Waals surface area contributed by atoms with Gasteiger partial charge in [-0.25, -0.2) is 0 Å². The predicted molar refractivity (Wildman–Crippen MR) is 93.6 cm³/mol. The van der Waals surface area contributed by atoms with E-state index in [1.54, 1.807) is 12.4 Å². The lowest BCUT2D eigenvalue weighted by atomic mass is 9.89. The van der Waals surface area contributed by atoms with Crippen molar-refractivity contribution in [2.45, 2.75) is 44.0 Å². The lowest BCUT2D eigenvalue weighted by molar-refractivity contribution is 0.0974. The average Bonchev–Trinajstić information content (AvgIpc) is 3.44. The molecule has 4 heterocycles. The van der Waals surface area contributed by atoms with Crippen molar-refractivity contribution in [3.05, 3.63) is 60.2 Å². The monoisotopic (exact) mass is 349 g/mol. The zero-order valence-electron chi connectivity index (χ0n) is 14.2. The van der Waals surface area contributed by atoms with Gasteiger partial charge in [0.1, 0.15) is 12.4 Å². The fraction of sp³-hybridized carbons (Fsp3) is 0.350. The maximum absolute atomic E-state index is 5.89. The molecule has 2 aliphatic heterocycles. The first-order valence-corrected chi connectivity index (χ1v) is 8.96. The molecule has 5 rings (SSSR count). The first kappa shape index (κ1) is 15.5. The van der Waals surface area contributed by atoms with Gasteiger partial charge < -0.3 is 14.0 Å². The highest BCUT2D eigenvalue weighted by atomic mass is 16.5. The van der Waals surface area contributed by atoms with Gasteiger partial charge in [0.15, 0.2) is 0 Å². The summed E-state index contributed by atoms with van der Waals surface area (Å²) in [5.41, 5.74) is 1.91. The van der Waals surface area contributed by atoms with Gasteiger partial charge in [-0.15, -0.1) is 0 Å². The van der Waals surface area contributed by atoms with Crippen molar-refractivity contribution in [1.82, 2.24) is 15.1 Å². The summed E-state index contributed by atoms with van der Waals surface area (Å²) in [5, 5.41) is 4.17. The van der Waals surface area contributed by atoms with E-state index in [2.05, 4.69) is 15.1 Å². The van der Waals surface area contributed by atoms with Gasteiger partial charge in [0.05, 0.1) is 18.1 Å². The largest absolute Gasteiger partial charge is 0.489 e. The van der Waals surface area contributed by atoms with E-state index >= 15 is 0 Å².